The van der Waals surface area contributed by atoms with Crippen molar-refractivity contribution in [3.63, 3.8) is 0 Å². The minimum atomic E-state index is 0.324. The first-order valence-electron chi connectivity index (χ1n) is 5.29. The molecular weight excluding hydrogens is 214 g/mol. The molecule has 4 nitrogen and oxygen atoms in total. The van der Waals surface area contributed by atoms with E-state index in [0.29, 0.717) is 6.01 Å². The third-order valence-electron chi connectivity index (χ3n) is 2.62. The molecule has 0 aliphatic rings. The summed E-state index contributed by atoms with van der Waals surface area (Å²) in [7, 11) is 0. The number of nitrogens with two attached hydrogens (primary N) is 1. The van der Waals surface area contributed by atoms with Gasteiger partial charge in [-0.1, -0.05) is 36.4 Å². The highest BCUT2D eigenvalue weighted by atomic mass is 16.4. The van der Waals surface area contributed by atoms with Crippen molar-refractivity contribution in [2.24, 2.45) is 5.84 Å². The molecule has 0 bridgehead atoms. The monoisotopic (exact) mass is 225 g/mol. The van der Waals surface area contributed by atoms with Gasteiger partial charge in [-0.25, -0.2) is 5.84 Å². The quantitative estimate of drug-likeness (QED) is 0.520. The van der Waals surface area contributed by atoms with Crippen LogP contribution in [0.3, 0.4) is 0 Å². The van der Waals surface area contributed by atoms with Crippen LogP contribution in [-0.2, 0) is 0 Å². The normalized spacial score (nSPS) is 10.6. The Morgan fingerprint density at radius 2 is 1.82 bits per heavy atom. The molecule has 0 spiro atoms. The van der Waals surface area contributed by atoms with Crippen molar-refractivity contribution in [3.8, 4) is 11.1 Å². The fraction of sp³-hybridized carbons (Fsp3) is 0. The average molecular weight is 225 g/mol. The Balaban J connectivity index is 2.13. The second-order valence-electron chi connectivity index (χ2n) is 3.71. The minimum Gasteiger partial charge on any atom is -0.423 e. The zero-order valence-electron chi connectivity index (χ0n) is 9.05. The Labute approximate surface area is 98.0 Å². The molecule has 0 aliphatic carbocycles. The Morgan fingerprint density at radius 3 is 2.59 bits per heavy atom. The second-order valence-corrected chi connectivity index (χ2v) is 3.71. The van der Waals surface area contributed by atoms with E-state index < -0.39 is 0 Å². The number of oxazole rings is 1. The van der Waals surface area contributed by atoms with E-state index in [0.717, 1.165) is 22.2 Å². The summed E-state index contributed by atoms with van der Waals surface area (Å²) in [6.45, 7) is 0. The Hall–Kier alpha value is -2.33. The number of nitrogens with zero attached hydrogens (tertiary/aromatic N) is 1. The summed E-state index contributed by atoms with van der Waals surface area (Å²) in [6.07, 6.45) is 0. The first-order chi connectivity index (χ1) is 8.36. The first-order valence-corrected chi connectivity index (χ1v) is 5.29. The smallest absolute Gasteiger partial charge is 0.310 e. The lowest BCUT2D eigenvalue weighted by molar-refractivity contribution is 0.617. The molecule has 3 N–H and O–H groups in total. The number of aromatic nitrogens is 1. The summed E-state index contributed by atoms with van der Waals surface area (Å²) in [4.78, 5) is 4.21. The largest absolute Gasteiger partial charge is 0.423 e. The minimum absolute atomic E-state index is 0.324. The van der Waals surface area contributed by atoms with Gasteiger partial charge in [-0.3, -0.25) is 5.43 Å². The topological polar surface area (TPSA) is 64.1 Å². The number of hydrogen-bond donors (Lipinski definition) is 2. The number of fused-ring (bicyclic) bond motifs is 1. The van der Waals surface area contributed by atoms with Crippen LogP contribution < -0.4 is 11.3 Å². The number of nitrogen functional groups attached to an aromatic ring is 1. The van der Waals surface area contributed by atoms with E-state index in [2.05, 4.69) is 22.5 Å². The SMILES string of the molecule is NNc1nc2cc(-c3ccccc3)ccc2o1. The molecule has 3 rings (SSSR count). The molecule has 0 saturated heterocycles. The van der Waals surface area contributed by atoms with Crippen LogP contribution in [-0.4, -0.2) is 4.98 Å². The lowest BCUT2D eigenvalue weighted by Gasteiger charge is -1.99. The standard InChI is InChI=1S/C13H11N3O/c14-16-13-15-11-8-10(6-7-12(11)17-13)9-4-2-1-3-5-9/h1-8H,14H2,(H,15,16). The van der Waals surface area contributed by atoms with Crippen molar-refractivity contribution in [2.75, 3.05) is 5.43 Å². The Morgan fingerprint density at radius 1 is 1.00 bits per heavy atom. The maximum Gasteiger partial charge on any atom is 0.310 e. The number of hydrazine groups is 1. The van der Waals surface area contributed by atoms with Crippen LogP contribution in [0.4, 0.5) is 6.01 Å². The van der Waals surface area contributed by atoms with Crippen molar-refractivity contribution in [1.29, 1.82) is 0 Å². The van der Waals surface area contributed by atoms with Crippen LogP contribution in [0.5, 0.6) is 0 Å². The molecule has 17 heavy (non-hydrogen) atoms. The van der Waals surface area contributed by atoms with Gasteiger partial charge in [0.1, 0.15) is 5.52 Å². The predicted molar refractivity (Wildman–Crippen MR) is 67.3 cm³/mol. The molecule has 0 aliphatic heterocycles. The van der Waals surface area contributed by atoms with E-state index in [1.165, 1.54) is 0 Å². The molecule has 0 atom stereocenters. The summed E-state index contributed by atoms with van der Waals surface area (Å²) in [5.74, 6) is 5.26. The molecular formula is C13H11N3O. The summed E-state index contributed by atoms with van der Waals surface area (Å²) in [5.41, 5.74) is 6.17. The zero-order chi connectivity index (χ0) is 11.7. The summed E-state index contributed by atoms with van der Waals surface area (Å²) >= 11 is 0. The van der Waals surface area contributed by atoms with Crippen molar-refractivity contribution in [3.05, 3.63) is 48.5 Å². The van der Waals surface area contributed by atoms with Crippen LogP contribution in [0, 0.1) is 0 Å². The fourth-order valence-corrected chi connectivity index (χ4v) is 1.80. The average Bonchev–Trinajstić information content (AvgIpc) is 2.81. The number of benzene rings is 2. The first kappa shape index (κ1) is 9.86. The van der Waals surface area contributed by atoms with Gasteiger partial charge in [-0.05, 0) is 23.3 Å². The lowest BCUT2D eigenvalue weighted by atomic mass is 10.1. The highest BCUT2D eigenvalue weighted by molar-refractivity contribution is 5.81. The number of rotatable bonds is 2. The maximum atomic E-state index is 5.36. The molecule has 4 heteroatoms. The Bertz CT molecular complexity index is 646. The van der Waals surface area contributed by atoms with E-state index in [4.69, 9.17) is 10.3 Å². The van der Waals surface area contributed by atoms with E-state index in [1.54, 1.807) is 0 Å². The van der Waals surface area contributed by atoms with Gasteiger partial charge in [0.05, 0.1) is 0 Å². The maximum absolute atomic E-state index is 5.36. The van der Waals surface area contributed by atoms with Crippen LogP contribution in [0.25, 0.3) is 22.2 Å². The van der Waals surface area contributed by atoms with Gasteiger partial charge >= 0.3 is 6.01 Å². The molecule has 84 valence electrons. The number of hydrogen-bond acceptors (Lipinski definition) is 4. The molecule has 0 unspecified atom stereocenters. The molecule has 1 heterocycles. The van der Waals surface area contributed by atoms with Crippen molar-refractivity contribution in [1.82, 2.24) is 4.98 Å². The third-order valence-corrected chi connectivity index (χ3v) is 2.62. The van der Waals surface area contributed by atoms with Crippen LogP contribution in [0.15, 0.2) is 52.9 Å². The highest BCUT2D eigenvalue weighted by Gasteiger charge is 2.05. The zero-order valence-corrected chi connectivity index (χ0v) is 9.05. The molecule has 1 aromatic heterocycles. The summed E-state index contributed by atoms with van der Waals surface area (Å²) in [5, 5.41) is 0. The fourth-order valence-electron chi connectivity index (χ4n) is 1.80. The molecule has 0 amide bonds. The van der Waals surface area contributed by atoms with Crippen LogP contribution in [0.1, 0.15) is 0 Å². The van der Waals surface area contributed by atoms with Gasteiger partial charge in [-0.15, -0.1) is 0 Å². The lowest BCUT2D eigenvalue weighted by Crippen LogP contribution is -2.06. The Kier molecular flexibility index (Phi) is 2.27. The van der Waals surface area contributed by atoms with Crippen molar-refractivity contribution in [2.45, 2.75) is 0 Å². The van der Waals surface area contributed by atoms with Gasteiger partial charge in [0.2, 0.25) is 0 Å². The van der Waals surface area contributed by atoms with Crippen LogP contribution in [0.2, 0.25) is 0 Å². The van der Waals surface area contributed by atoms with Crippen LogP contribution >= 0.6 is 0 Å². The molecule has 0 radical (unpaired) electrons. The number of anilines is 1. The molecule has 3 aromatic rings. The number of nitrogens with one attached hydrogen (secondary N) is 1. The van der Waals surface area contributed by atoms with E-state index >= 15 is 0 Å². The van der Waals surface area contributed by atoms with Gasteiger partial charge in [-0.2, -0.15) is 4.98 Å². The molecule has 0 saturated carbocycles. The highest BCUT2D eigenvalue weighted by Crippen LogP contribution is 2.25. The third kappa shape index (κ3) is 1.74. The predicted octanol–water partition coefficient (Wildman–Crippen LogP) is 2.78. The van der Waals surface area contributed by atoms with Gasteiger partial charge in [0.25, 0.3) is 0 Å². The van der Waals surface area contributed by atoms with Gasteiger partial charge < -0.3 is 4.42 Å². The van der Waals surface area contributed by atoms with Crippen molar-refractivity contribution < 1.29 is 4.42 Å². The summed E-state index contributed by atoms with van der Waals surface area (Å²) < 4.78 is 5.36. The second kappa shape index (κ2) is 3.92. The van der Waals surface area contributed by atoms with Gasteiger partial charge in [0, 0.05) is 0 Å². The van der Waals surface area contributed by atoms with E-state index in [-0.39, 0.29) is 0 Å². The van der Waals surface area contributed by atoms with E-state index in [9.17, 15) is 0 Å². The van der Waals surface area contributed by atoms with E-state index in [1.807, 2.05) is 36.4 Å². The molecule has 0 fully saturated rings. The van der Waals surface area contributed by atoms with Gasteiger partial charge in [0.15, 0.2) is 5.58 Å². The summed E-state index contributed by atoms with van der Waals surface area (Å²) in [6, 6.07) is 16.3. The van der Waals surface area contributed by atoms with Crippen molar-refractivity contribution >= 4 is 17.1 Å². The molecule has 2 aromatic carbocycles.